The molecule has 0 spiro atoms. The highest BCUT2D eigenvalue weighted by atomic mass is 79.9. The number of carbonyl (C=O) groups excluding carboxylic acids is 5. The molecule has 2 heterocycles. The van der Waals surface area contributed by atoms with Crippen LogP contribution in [0.4, 0.5) is 11.4 Å². The number of benzene rings is 6. The lowest BCUT2D eigenvalue weighted by atomic mass is 10.1. The molecule has 4 N–H and O–H groups in total. The number of ether oxygens (including phenoxy) is 4. The normalized spacial score (nSPS) is 10.8. The number of halogens is 2. The van der Waals surface area contributed by atoms with E-state index in [0.29, 0.717) is 35.1 Å². The average molecular weight is 1310 g/mol. The van der Waals surface area contributed by atoms with Crippen molar-refractivity contribution >= 4 is 78.9 Å². The molecule has 0 saturated carbocycles. The van der Waals surface area contributed by atoms with Gasteiger partial charge in [-0.05, 0) is 168 Å². The molecule has 0 radical (unpaired) electrons. The molecule has 8 rings (SSSR count). The summed E-state index contributed by atoms with van der Waals surface area (Å²) in [5, 5.41) is 17.5. The minimum Gasteiger partial charge on any atom is -0.497 e. The fourth-order valence-corrected chi connectivity index (χ4v) is 8.34. The maximum absolute atomic E-state index is 13.6. The van der Waals surface area contributed by atoms with Crippen LogP contribution in [0.15, 0.2) is 179 Å². The second-order valence-corrected chi connectivity index (χ2v) is 23.2. The van der Waals surface area contributed by atoms with Gasteiger partial charge in [-0.15, -0.1) is 0 Å². The van der Waals surface area contributed by atoms with Crippen molar-refractivity contribution in [2.24, 2.45) is 0 Å². The standard InChI is InChI=1S/C33H33BrN4O5.C17H20BrN3O2.C16H15NO4/c1-33(2,3)43-30(40)21-38(20-23-5-9-24(10-6-23)31-35-18-26(34)19-36-31)32(41)25-11-13-27(14-12-25)37-29(39)17-22-7-15-28(42-4)16-8-22;1-17(2,3)23-15(22)11-19-8-12-4-6-13(7-5-12)16-20-9-14(18)10-21-16;1-21-14-8-2-11(3-9-14)10-15(18)17-13-6-4-12(5-7-13)16(19)20/h5-16,18-19H,17,20-21H2,1-4H3,(H,37,39);4-7,9-10,19H,8,11H2,1-3H3;2-9H,10H2,1H3,(H,17,18)(H,19,20). The molecule has 0 fully saturated rings. The summed E-state index contributed by atoms with van der Waals surface area (Å²) in [4.78, 5) is 91.7. The van der Waals surface area contributed by atoms with E-state index in [9.17, 15) is 28.8 Å². The van der Waals surface area contributed by atoms with Gasteiger partial charge < -0.3 is 44.9 Å². The van der Waals surface area contributed by atoms with Gasteiger partial charge in [0.25, 0.3) is 5.91 Å². The number of hydrogen-bond acceptors (Lipinski definition) is 15. The molecule has 452 valence electrons. The lowest BCUT2D eigenvalue weighted by Gasteiger charge is -2.25. The van der Waals surface area contributed by atoms with Crippen LogP contribution in [0.1, 0.15) is 84.5 Å². The SMILES string of the molecule is CC(C)(C)OC(=O)CNCc1ccc(-c2ncc(Br)cn2)cc1.COc1ccc(CC(=O)Nc2ccc(C(=O)N(CC(=O)OC(C)(C)C)Cc3ccc(-c4ncc(Br)cn4)cc3)cc2)cc1.COc1ccc(CC(=O)Nc2ccc(C(=O)O)cc2)cc1. The summed E-state index contributed by atoms with van der Waals surface area (Å²) in [6.07, 6.45) is 7.23. The predicted octanol–water partition coefficient (Wildman–Crippen LogP) is 12.0. The van der Waals surface area contributed by atoms with E-state index < -0.39 is 23.1 Å². The third kappa shape index (κ3) is 23.7. The second kappa shape index (κ2) is 32.4. The van der Waals surface area contributed by atoms with Gasteiger partial charge in [-0.1, -0.05) is 72.8 Å². The van der Waals surface area contributed by atoms with Crippen molar-refractivity contribution in [2.75, 3.05) is 37.9 Å². The Kier molecular flexibility index (Phi) is 24.9. The van der Waals surface area contributed by atoms with E-state index in [1.807, 2.05) is 93.6 Å². The number of carbonyl (C=O) groups is 6. The minimum atomic E-state index is -0.994. The third-order valence-electron chi connectivity index (χ3n) is 12.0. The first-order chi connectivity index (χ1) is 41.4. The molecule has 0 atom stereocenters. The van der Waals surface area contributed by atoms with Crippen molar-refractivity contribution in [1.29, 1.82) is 0 Å². The van der Waals surface area contributed by atoms with Gasteiger partial charge >= 0.3 is 17.9 Å². The van der Waals surface area contributed by atoms with E-state index in [4.69, 9.17) is 24.1 Å². The van der Waals surface area contributed by atoms with E-state index in [1.54, 1.807) is 120 Å². The Balaban J connectivity index is 0.000000230. The summed E-state index contributed by atoms with van der Waals surface area (Å²) in [5.74, 6) is 0.264. The maximum Gasteiger partial charge on any atom is 0.335 e. The van der Waals surface area contributed by atoms with Crippen molar-refractivity contribution in [3.8, 4) is 34.3 Å². The van der Waals surface area contributed by atoms with Crippen molar-refractivity contribution in [3.05, 3.63) is 213 Å². The number of nitrogens with one attached hydrogen (secondary N) is 3. The van der Waals surface area contributed by atoms with E-state index in [1.165, 1.54) is 17.0 Å². The number of methoxy groups -OCH3 is 2. The van der Waals surface area contributed by atoms with Crippen LogP contribution in [0.2, 0.25) is 0 Å². The fourth-order valence-electron chi connectivity index (χ4n) is 7.93. The molecule has 0 aliphatic carbocycles. The monoisotopic (exact) mass is 1310 g/mol. The Morgan fingerprint density at radius 2 is 0.874 bits per heavy atom. The van der Waals surface area contributed by atoms with Crippen LogP contribution >= 0.6 is 31.9 Å². The highest BCUT2D eigenvalue weighted by Crippen LogP contribution is 2.22. The van der Waals surface area contributed by atoms with Crippen LogP contribution in [0.3, 0.4) is 0 Å². The van der Waals surface area contributed by atoms with Crippen LogP contribution < -0.4 is 25.4 Å². The van der Waals surface area contributed by atoms with Gasteiger partial charge in [0.1, 0.15) is 29.2 Å². The summed E-state index contributed by atoms with van der Waals surface area (Å²) in [5.41, 5.74) is 5.93. The van der Waals surface area contributed by atoms with Gasteiger partial charge in [-0.25, -0.2) is 24.7 Å². The largest absolute Gasteiger partial charge is 0.497 e. The first-order valence-electron chi connectivity index (χ1n) is 27.3. The van der Waals surface area contributed by atoms with Gasteiger partial charge in [-0.2, -0.15) is 0 Å². The van der Waals surface area contributed by atoms with Crippen molar-refractivity contribution in [1.82, 2.24) is 30.2 Å². The molecule has 19 nitrogen and oxygen atoms in total. The fraction of sp³-hybridized carbons (Fsp3) is 0.242. The van der Waals surface area contributed by atoms with Crippen molar-refractivity contribution in [2.45, 2.75) is 78.7 Å². The molecule has 87 heavy (non-hydrogen) atoms. The summed E-state index contributed by atoms with van der Waals surface area (Å²) in [6.45, 7) is 11.6. The zero-order chi connectivity index (χ0) is 63.1. The van der Waals surface area contributed by atoms with Crippen LogP contribution in [-0.2, 0) is 54.6 Å². The van der Waals surface area contributed by atoms with Crippen LogP contribution in [0.5, 0.6) is 11.5 Å². The molecule has 0 bridgehead atoms. The van der Waals surface area contributed by atoms with E-state index in [2.05, 4.69) is 67.7 Å². The number of nitrogens with zero attached hydrogens (tertiary/aromatic N) is 5. The molecule has 0 saturated heterocycles. The molecule has 8 aromatic rings. The molecule has 6 aromatic carbocycles. The Bertz CT molecular complexity index is 3550. The van der Waals surface area contributed by atoms with Gasteiger partial charge in [0.05, 0.1) is 48.1 Å². The van der Waals surface area contributed by atoms with Crippen LogP contribution in [0.25, 0.3) is 22.8 Å². The number of hydrogen-bond donors (Lipinski definition) is 4. The topological polar surface area (TPSA) is 250 Å². The van der Waals surface area contributed by atoms with Crippen LogP contribution in [0, 0.1) is 0 Å². The lowest BCUT2D eigenvalue weighted by molar-refractivity contribution is -0.156. The number of anilines is 2. The number of rotatable bonds is 20. The highest BCUT2D eigenvalue weighted by Gasteiger charge is 2.24. The van der Waals surface area contributed by atoms with Gasteiger partial charge in [0.2, 0.25) is 11.8 Å². The number of aromatic nitrogens is 4. The molecule has 2 aromatic heterocycles. The second-order valence-electron chi connectivity index (χ2n) is 21.4. The van der Waals surface area contributed by atoms with Gasteiger partial charge in [0, 0.05) is 65.9 Å². The smallest absolute Gasteiger partial charge is 0.335 e. The Hall–Kier alpha value is -9.18. The Labute approximate surface area is 522 Å². The molecule has 0 aliphatic rings. The molecular weight excluding hydrogens is 1240 g/mol. The van der Waals surface area contributed by atoms with Gasteiger partial charge in [-0.3, -0.25) is 24.0 Å². The number of carboxylic acids is 1. The summed E-state index contributed by atoms with van der Waals surface area (Å²) in [6, 6.07) is 42.5. The molecule has 3 amide bonds. The maximum atomic E-state index is 13.6. The van der Waals surface area contributed by atoms with E-state index in [-0.39, 0.29) is 61.7 Å². The lowest BCUT2D eigenvalue weighted by Crippen LogP contribution is -2.38. The Morgan fingerprint density at radius 3 is 1.26 bits per heavy atom. The van der Waals surface area contributed by atoms with Crippen molar-refractivity contribution < 1.29 is 52.8 Å². The molecule has 0 unspecified atom stereocenters. The third-order valence-corrected chi connectivity index (χ3v) is 12.8. The minimum absolute atomic E-state index is 0.164. The average Bonchev–Trinajstić information content (AvgIpc) is 3.69. The number of aromatic carboxylic acids is 1. The Morgan fingerprint density at radius 1 is 0.494 bits per heavy atom. The van der Waals surface area contributed by atoms with E-state index >= 15 is 0 Å². The zero-order valence-corrected chi connectivity index (χ0v) is 52.6. The number of esters is 2. The van der Waals surface area contributed by atoms with Gasteiger partial charge in [0.15, 0.2) is 11.6 Å². The number of amides is 3. The molecule has 21 heteroatoms. The summed E-state index contributed by atoms with van der Waals surface area (Å²) >= 11 is 6.65. The van der Waals surface area contributed by atoms with E-state index in [0.717, 1.165) is 53.8 Å². The first-order valence-corrected chi connectivity index (χ1v) is 28.9. The summed E-state index contributed by atoms with van der Waals surface area (Å²) < 4.78 is 22.6. The highest BCUT2D eigenvalue weighted by molar-refractivity contribution is 9.10. The number of carboxylic acid groups (broad SMARTS) is 1. The molecular formula is C66H68Br2N8O11. The first kappa shape index (κ1) is 67.0. The molecule has 0 aliphatic heterocycles. The summed E-state index contributed by atoms with van der Waals surface area (Å²) in [7, 11) is 3.17. The quantitative estimate of drug-likeness (QED) is 0.0518. The predicted molar refractivity (Wildman–Crippen MR) is 339 cm³/mol. The zero-order valence-electron chi connectivity index (χ0n) is 49.4. The van der Waals surface area contributed by atoms with Crippen LogP contribution in [-0.4, -0.2) is 104 Å². The van der Waals surface area contributed by atoms with Crippen molar-refractivity contribution in [3.63, 3.8) is 0 Å².